The lowest BCUT2D eigenvalue weighted by Crippen LogP contribution is -2.27. The third-order valence-electron chi connectivity index (χ3n) is 2.08. The number of rotatable bonds is 1. The first kappa shape index (κ1) is 11.7. The van der Waals surface area contributed by atoms with Gasteiger partial charge in [-0.1, -0.05) is 24.3 Å². The van der Waals surface area contributed by atoms with Gasteiger partial charge in [0.2, 0.25) is 0 Å². The van der Waals surface area contributed by atoms with Crippen LogP contribution in [0.2, 0.25) is 0 Å². The van der Waals surface area contributed by atoms with Crippen molar-refractivity contribution in [2.75, 3.05) is 0 Å². The van der Waals surface area contributed by atoms with Gasteiger partial charge in [-0.3, -0.25) is 0 Å². The Balaban J connectivity index is 3.26. The van der Waals surface area contributed by atoms with Crippen LogP contribution in [0.25, 0.3) is 4.85 Å². The maximum Gasteiger partial charge on any atom is 0.187 e. The molecule has 0 aliphatic carbocycles. The fourth-order valence-electron chi connectivity index (χ4n) is 1.05. The molecule has 0 saturated carbocycles. The molecule has 0 heterocycles. The van der Waals surface area contributed by atoms with Gasteiger partial charge in [-0.2, -0.15) is 0 Å². The second kappa shape index (κ2) is 3.67. The summed E-state index contributed by atoms with van der Waals surface area (Å²) in [5.74, 6) is 0. The Labute approximate surface area is 90.5 Å². The molecular weight excluding hydrogens is 210 g/mol. The van der Waals surface area contributed by atoms with Crippen LogP contribution in [0, 0.1) is 6.57 Å². The lowest BCUT2D eigenvalue weighted by Gasteiger charge is -2.19. The van der Waals surface area contributed by atoms with Crippen LogP contribution in [0.1, 0.15) is 20.8 Å². The van der Waals surface area contributed by atoms with Gasteiger partial charge in [0.05, 0.1) is 16.2 Å². The average molecular weight is 223 g/mol. The monoisotopic (exact) mass is 223 g/mol. The molecule has 3 nitrogen and oxygen atoms in total. The fourth-order valence-corrected chi connectivity index (χ4v) is 2.25. The normalized spacial score (nSPS) is 12.1. The van der Waals surface area contributed by atoms with Gasteiger partial charge in [0, 0.05) is 0 Å². The van der Waals surface area contributed by atoms with Crippen molar-refractivity contribution in [1.82, 2.24) is 0 Å². The molecule has 1 aromatic carbocycles. The van der Waals surface area contributed by atoms with Crippen molar-refractivity contribution in [1.29, 1.82) is 0 Å². The number of benzene rings is 1. The predicted octanol–water partition coefficient (Wildman–Crippen LogP) is 2.81. The second-order valence-electron chi connectivity index (χ2n) is 4.22. The number of sulfone groups is 1. The molecule has 0 bridgehead atoms. The van der Waals surface area contributed by atoms with Crippen molar-refractivity contribution in [2.45, 2.75) is 30.4 Å². The van der Waals surface area contributed by atoms with E-state index < -0.39 is 14.6 Å². The third-order valence-corrected chi connectivity index (χ3v) is 4.59. The smallest absolute Gasteiger partial charge is 0.187 e. The van der Waals surface area contributed by atoms with E-state index in [9.17, 15) is 8.42 Å². The highest BCUT2D eigenvalue weighted by molar-refractivity contribution is 7.92. The van der Waals surface area contributed by atoms with Gasteiger partial charge in [0.25, 0.3) is 0 Å². The standard InChI is InChI=1S/C11H13NO2S/c1-11(2,3)15(13,14)10-7-5-9(12-4)6-8-10/h5-8H,1-3H3. The third kappa shape index (κ3) is 2.18. The van der Waals surface area contributed by atoms with E-state index in [2.05, 4.69) is 4.85 Å². The first-order valence-corrected chi connectivity index (χ1v) is 5.99. The zero-order valence-corrected chi connectivity index (χ0v) is 9.80. The summed E-state index contributed by atoms with van der Waals surface area (Å²) in [7, 11) is -3.30. The first-order valence-electron chi connectivity index (χ1n) is 4.51. The topological polar surface area (TPSA) is 38.5 Å². The Morgan fingerprint density at radius 2 is 1.60 bits per heavy atom. The molecule has 0 amide bonds. The van der Waals surface area contributed by atoms with Crippen LogP contribution in [0.15, 0.2) is 29.2 Å². The molecule has 15 heavy (non-hydrogen) atoms. The minimum absolute atomic E-state index is 0.266. The van der Waals surface area contributed by atoms with Gasteiger partial charge in [-0.25, -0.2) is 13.3 Å². The highest BCUT2D eigenvalue weighted by atomic mass is 32.2. The van der Waals surface area contributed by atoms with Crippen molar-refractivity contribution in [3.8, 4) is 0 Å². The number of hydrogen-bond acceptors (Lipinski definition) is 2. The van der Waals surface area contributed by atoms with Crippen molar-refractivity contribution in [3.63, 3.8) is 0 Å². The average Bonchev–Trinajstić information content (AvgIpc) is 2.16. The molecule has 1 rings (SSSR count). The number of hydrogen-bond donors (Lipinski definition) is 0. The van der Waals surface area contributed by atoms with Crippen LogP contribution in [-0.2, 0) is 9.84 Å². The molecule has 0 spiro atoms. The van der Waals surface area contributed by atoms with E-state index in [4.69, 9.17) is 6.57 Å². The molecule has 0 unspecified atom stereocenters. The lowest BCUT2D eigenvalue weighted by atomic mass is 10.3. The molecule has 4 heteroatoms. The number of nitrogens with zero attached hydrogens (tertiary/aromatic N) is 1. The molecule has 0 N–H and O–H groups in total. The summed E-state index contributed by atoms with van der Waals surface area (Å²) in [6, 6.07) is 6.00. The quantitative estimate of drug-likeness (QED) is 0.687. The van der Waals surface area contributed by atoms with Crippen molar-refractivity contribution >= 4 is 15.5 Å². The van der Waals surface area contributed by atoms with Crippen LogP contribution >= 0.6 is 0 Å². The molecule has 0 aliphatic heterocycles. The molecule has 0 atom stereocenters. The van der Waals surface area contributed by atoms with E-state index in [0.29, 0.717) is 5.69 Å². The van der Waals surface area contributed by atoms with Crippen molar-refractivity contribution in [2.24, 2.45) is 0 Å². The summed E-state index contributed by atoms with van der Waals surface area (Å²) in [5.41, 5.74) is 0.447. The molecule has 0 aromatic heterocycles. The van der Waals surface area contributed by atoms with E-state index in [1.807, 2.05) is 0 Å². The van der Waals surface area contributed by atoms with Crippen LogP contribution < -0.4 is 0 Å². The zero-order chi connectivity index (χ0) is 11.7. The molecular formula is C11H13NO2S. The van der Waals surface area contributed by atoms with E-state index in [0.717, 1.165) is 0 Å². The Morgan fingerprint density at radius 1 is 1.13 bits per heavy atom. The molecule has 80 valence electrons. The Morgan fingerprint density at radius 3 is 1.93 bits per heavy atom. The molecule has 0 saturated heterocycles. The largest absolute Gasteiger partial charge is 0.238 e. The SMILES string of the molecule is [C-]#[N+]c1ccc(S(=O)(=O)C(C)(C)C)cc1. The minimum Gasteiger partial charge on any atom is -0.238 e. The van der Waals surface area contributed by atoms with E-state index in [-0.39, 0.29) is 4.90 Å². The fraction of sp³-hybridized carbons (Fsp3) is 0.364. The van der Waals surface area contributed by atoms with Gasteiger partial charge in [0.15, 0.2) is 15.5 Å². The van der Waals surface area contributed by atoms with Gasteiger partial charge >= 0.3 is 0 Å². The summed E-state index contributed by atoms with van der Waals surface area (Å²) >= 11 is 0. The van der Waals surface area contributed by atoms with Crippen LogP contribution in [0.4, 0.5) is 5.69 Å². The molecule has 0 aliphatic rings. The zero-order valence-electron chi connectivity index (χ0n) is 8.98. The Kier molecular flexibility index (Phi) is 2.87. The lowest BCUT2D eigenvalue weighted by molar-refractivity contribution is 0.560. The Hall–Kier alpha value is -1.34. The summed E-state index contributed by atoms with van der Waals surface area (Å²) in [6.45, 7) is 11.7. The van der Waals surface area contributed by atoms with Gasteiger partial charge in [-0.05, 0) is 20.8 Å². The highest BCUT2D eigenvalue weighted by Crippen LogP contribution is 2.26. The molecule has 0 radical (unpaired) electrons. The molecule has 1 aromatic rings. The van der Waals surface area contributed by atoms with E-state index in [1.54, 1.807) is 20.8 Å². The second-order valence-corrected chi connectivity index (χ2v) is 6.92. The van der Waals surface area contributed by atoms with Gasteiger partial charge in [-0.15, -0.1) is 0 Å². The highest BCUT2D eigenvalue weighted by Gasteiger charge is 2.30. The van der Waals surface area contributed by atoms with Crippen molar-refractivity contribution in [3.05, 3.63) is 35.7 Å². The van der Waals surface area contributed by atoms with Crippen LogP contribution in [0.3, 0.4) is 0 Å². The summed E-state index contributed by atoms with van der Waals surface area (Å²) < 4.78 is 23.1. The van der Waals surface area contributed by atoms with Crippen LogP contribution in [-0.4, -0.2) is 13.2 Å². The first-order chi connectivity index (χ1) is 6.79. The minimum atomic E-state index is -3.30. The predicted molar refractivity (Wildman–Crippen MR) is 59.6 cm³/mol. The maximum absolute atomic E-state index is 12.0. The van der Waals surface area contributed by atoms with Crippen molar-refractivity contribution < 1.29 is 8.42 Å². The summed E-state index contributed by atoms with van der Waals surface area (Å²) in [6.07, 6.45) is 0. The molecule has 0 fully saturated rings. The van der Waals surface area contributed by atoms with E-state index in [1.165, 1.54) is 24.3 Å². The van der Waals surface area contributed by atoms with Gasteiger partial charge < -0.3 is 0 Å². The Bertz CT molecular complexity index is 487. The van der Waals surface area contributed by atoms with E-state index >= 15 is 0 Å². The van der Waals surface area contributed by atoms with Crippen LogP contribution in [0.5, 0.6) is 0 Å². The summed E-state index contributed by atoms with van der Waals surface area (Å²) in [4.78, 5) is 3.48. The maximum atomic E-state index is 12.0. The summed E-state index contributed by atoms with van der Waals surface area (Å²) in [5, 5.41) is 0. The van der Waals surface area contributed by atoms with Gasteiger partial charge in [0.1, 0.15) is 0 Å².